The van der Waals surface area contributed by atoms with Crippen LogP contribution in [0.5, 0.6) is 0 Å². The second kappa shape index (κ2) is 7.84. The van der Waals surface area contributed by atoms with Gasteiger partial charge in [0.05, 0.1) is 11.0 Å². The number of hydrogen-bond donors (Lipinski definition) is 0. The number of carbonyl (C=O) groups excluding carboxylic acids is 2. The van der Waals surface area contributed by atoms with E-state index in [1.807, 2.05) is 52.5 Å². The Morgan fingerprint density at radius 2 is 1.87 bits per heavy atom. The Morgan fingerprint density at radius 1 is 1.10 bits per heavy atom. The molecule has 5 rings (SSSR count). The quantitative estimate of drug-likeness (QED) is 0.650. The highest BCUT2D eigenvalue weighted by atomic mass is 16.2. The summed E-state index contributed by atoms with van der Waals surface area (Å²) >= 11 is 0. The molecule has 2 saturated heterocycles. The lowest BCUT2D eigenvalue weighted by Gasteiger charge is -2.21. The number of aryl methyl sites for hydroxylation is 2. The van der Waals surface area contributed by atoms with E-state index in [9.17, 15) is 9.59 Å². The molecule has 2 aromatic carbocycles. The minimum absolute atomic E-state index is 0.0359. The molecule has 0 spiro atoms. The molecular weight excluding hydrogens is 388 g/mol. The second-order valence-electron chi connectivity index (χ2n) is 8.83. The number of aromatic nitrogens is 2. The third-order valence-electron chi connectivity index (χ3n) is 6.58. The fourth-order valence-corrected chi connectivity index (χ4v) is 4.90. The summed E-state index contributed by atoms with van der Waals surface area (Å²) in [5.74, 6) is 1.06. The first kappa shape index (κ1) is 19.8. The average Bonchev–Trinajstić information content (AvgIpc) is 3.49. The van der Waals surface area contributed by atoms with Crippen LogP contribution in [0.3, 0.4) is 0 Å². The van der Waals surface area contributed by atoms with Crippen molar-refractivity contribution in [3.63, 3.8) is 0 Å². The van der Waals surface area contributed by atoms with Crippen molar-refractivity contribution in [1.29, 1.82) is 0 Å². The smallest absolute Gasteiger partial charge is 0.242 e. The first-order valence-electron chi connectivity index (χ1n) is 11.1. The van der Waals surface area contributed by atoms with Crippen LogP contribution in [0.25, 0.3) is 11.0 Å². The first-order chi connectivity index (χ1) is 15.0. The second-order valence-corrected chi connectivity index (χ2v) is 8.83. The number of para-hydroxylation sites is 2. The molecule has 2 aliphatic rings. The number of nitrogens with zero attached hydrogens (tertiary/aromatic N) is 4. The van der Waals surface area contributed by atoms with Gasteiger partial charge in [0.25, 0.3) is 0 Å². The molecule has 2 fully saturated rings. The van der Waals surface area contributed by atoms with Gasteiger partial charge in [-0.25, -0.2) is 4.98 Å². The molecule has 3 aromatic rings. The highest BCUT2D eigenvalue weighted by Gasteiger charge is 2.36. The molecule has 0 bridgehead atoms. The maximum absolute atomic E-state index is 13.0. The third-order valence-corrected chi connectivity index (χ3v) is 6.58. The monoisotopic (exact) mass is 416 g/mol. The maximum Gasteiger partial charge on any atom is 0.242 e. The standard InChI is InChI=1S/C25H28N4O2/c1-17-9-10-18(2)22(13-17)28-15-19(14-23(28)30)25-26-20-7-3-4-8-21(20)29(25)16-24(31)27-11-5-6-12-27/h3-4,7-10,13,19H,5-6,11-12,14-16H2,1-2H3. The van der Waals surface area contributed by atoms with Crippen LogP contribution in [-0.2, 0) is 16.1 Å². The van der Waals surface area contributed by atoms with E-state index in [-0.39, 0.29) is 24.3 Å². The topological polar surface area (TPSA) is 58.4 Å². The molecule has 3 heterocycles. The van der Waals surface area contributed by atoms with Gasteiger partial charge in [0.15, 0.2) is 0 Å². The Morgan fingerprint density at radius 3 is 2.68 bits per heavy atom. The number of carbonyl (C=O) groups is 2. The summed E-state index contributed by atoms with van der Waals surface area (Å²) in [7, 11) is 0. The summed E-state index contributed by atoms with van der Waals surface area (Å²) < 4.78 is 2.04. The summed E-state index contributed by atoms with van der Waals surface area (Å²) in [6.45, 7) is 6.63. The lowest BCUT2D eigenvalue weighted by Crippen LogP contribution is -2.32. The van der Waals surface area contributed by atoms with Gasteiger partial charge in [0.2, 0.25) is 11.8 Å². The van der Waals surface area contributed by atoms with E-state index in [4.69, 9.17) is 4.98 Å². The van der Waals surface area contributed by atoms with Gasteiger partial charge in [-0.15, -0.1) is 0 Å². The Labute approximate surface area is 182 Å². The van der Waals surface area contributed by atoms with E-state index in [0.29, 0.717) is 13.0 Å². The molecule has 2 aliphatic heterocycles. The predicted molar refractivity (Wildman–Crippen MR) is 121 cm³/mol. The van der Waals surface area contributed by atoms with Gasteiger partial charge in [-0.05, 0) is 56.0 Å². The van der Waals surface area contributed by atoms with Gasteiger partial charge < -0.3 is 14.4 Å². The third kappa shape index (κ3) is 3.60. The van der Waals surface area contributed by atoms with Crippen molar-refractivity contribution in [2.75, 3.05) is 24.5 Å². The van der Waals surface area contributed by atoms with Crippen LogP contribution >= 0.6 is 0 Å². The van der Waals surface area contributed by atoms with Crippen LogP contribution in [0, 0.1) is 13.8 Å². The predicted octanol–water partition coefficient (Wildman–Crippen LogP) is 3.80. The van der Waals surface area contributed by atoms with Gasteiger partial charge in [-0.2, -0.15) is 0 Å². The number of amides is 2. The largest absolute Gasteiger partial charge is 0.341 e. The summed E-state index contributed by atoms with van der Waals surface area (Å²) in [5, 5.41) is 0. The van der Waals surface area contributed by atoms with E-state index in [2.05, 4.69) is 18.2 Å². The van der Waals surface area contributed by atoms with Gasteiger partial charge in [0.1, 0.15) is 12.4 Å². The van der Waals surface area contributed by atoms with Gasteiger partial charge in [0, 0.05) is 37.7 Å². The van der Waals surface area contributed by atoms with E-state index in [0.717, 1.165) is 59.6 Å². The highest BCUT2D eigenvalue weighted by Crippen LogP contribution is 2.35. The number of fused-ring (bicyclic) bond motifs is 1. The van der Waals surface area contributed by atoms with Crippen molar-refractivity contribution in [1.82, 2.24) is 14.5 Å². The molecule has 1 aromatic heterocycles. The molecule has 1 unspecified atom stereocenters. The summed E-state index contributed by atoms with van der Waals surface area (Å²) in [6, 6.07) is 14.2. The number of imidazole rings is 1. The van der Waals surface area contributed by atoms with E-state index in [1.54, 1.807) is 0 Å². The molecule has 0 N–H and O–H groups in total. The fourth-order valence-electron chi connectivity index (χ4n) is 4.90. The maximum atomic E-state index is 13.0. The summed E-state index contributed by atoms with van der Waals surface area (Å²) in [5.41, 5.74) is 5.05. The zero-order valence-electron chi connectivity index (χ0n) is 18.2. The van der Waals surface area contributed by atoms with Crippen LogP contribution in [0.15, 0.2) is 42.5 Å². The molecule has 160 valence electrons. The molecule has 2 amide bonds. The number of hydrogen-bond acceptors (Lipinski definition) is 3. The summed E-state index contributed by atoms with van der Waals surface area (Å²) in [4.78, 5) is 34.7. The molecule has 0 aliphatic carbocycles. The van der Waals surface area contributed by atoms with Crippen molar-refractivity contribution in [3.8, 4) is 0 Å². The molecule has 31 heavy (non-hydrogen) atoms. The minimum Gasteiger partial charge on any atom is -0.341 e. The number of likely N-dealkylation sites (tertiary alicyclic amines) is 1. The minimum atomic E-state index is -0.0359. The average molecular weight is 417 g/mol. The molecule has 6 nitrogen and oxygen atoms in total. The Hall–Kier alpha value is -3.15. The number of benzene rings is 2. The van der Waals surface area contributed by atoms with Gasteiger partial charge in [-0.3, -0.25) is 9.59 Å². The van der Waals surface area contributed by atoms with Crippen LogP contribution in [0.4, 0.5) is 5.69 Å². The molecule has 1 atom stereocenters. The molecular formula is C25H28N4O2. The molecule has 0 saturated carbocycles. The zero-order valence-corrected chi connectivity index (χ0v) is 18.2. The summed E-state index contributed by atoms with van der Waals surface area (Å²) in [6.07, 6.45) is 2.56. The molecule has 0 radical (unpaired) electrons. The van der Waals surface area contributed by atoms with E-state index in [1.165, 1.54) is 0 Å². The van der Waals surface area contributed by atoms with Crippen LogP contribution in [0.2, 0.25) is 0 Å². The lowest BCUT2D eigenvalue weighted by atomic mass is 10.1. The van der Waals surface area contributed by atoms with Crippen molar-refractivity contribution in [2.45, 2.75) is 45.6 Å². The zero-order chi connectivity index (χ0) is 21.5. The molecule has 6 heteroatoms. The van der Waals surface area contributed by atoms with Crippen LogP contribution in [0.1, 0.15) is 42.1 Å². The van der Waals surface area contributed by atoms with Gasteiger partial charge >= 0.3 is 0 Å². The van der Waals surface area contributed by atoms with Crippen molar-refractivity contribution in [2.24, 2.45) is 0 Å². The highest BCUT2D eigenvalue weighted by molar-refractivity contribution is 5.97. The van der Waals surface area contributed by atoms with Crippen molar-refractivity contribution in [3.05, 3.63) is 59.4 Å². The SMILES string of the molecule is Cc1ccc(C)c(N2CC(c3nc4ccccc4n3CC(=O)N3CCCC3)CC2=O)c1. The number of anilines is 1. The van der Waals surface area contributed by atoms with E-state index >= 15 is 0 Å². The Bertz CT molecular complexity index is 1160. The fraction of sp³-hybridized carbons (Fsp3) is 0.400. The van der Waals surface area contributed by atoms with Crippen molar-refractivity contribution < 1.29 is 9.59 Å². The van der Waals surface area contributed by atoms with Crippen LogP contribution < -0.4 is 4.90 Å². The van der Waals surface area contributed by atoms with Crippen LogP contribution in [-0.4, -0.2) is 45.9 Å². The van der Waals surface area contributed by atoms with Crippen molar-refractivity contribution >= 4 is 28.5 Å². The number of rotatable bonds is 4. The Balaban J connectivity index is 1.49. The van der Waals surface area contributed by atoms with E-state index < -0.39 is 0 Å². The lowest BCUT2D eigenvalue weighted by molar-refractivity contribution is -0.130. The normalized spacial score (nSPS) is 19.0. The Kier molecular flexibility index (Phi) is 5.00. The van der Waals surface area contributed by atoms with Gasteiger partial charge in [-0.1, -0.05) is 24.3 Å². The first-order valence-corrected chi connectivity index (χ1v) is 11.1.